The van der Waals surface area contributed by atoms with Crippen LogP contribution in [0.4, 0.5) is 0 Å². The molecule has 0 aromatic heterocycles. The van der Waals surface area contributed by atoms with Gasteiger partial charge in [0.1, 0.15) is 17.9 Å². The average molecular weight is 322 g/mol. The van der Waals surface area contributed by atoms with Gasteiger partial charge in [-0.25, -0.2) is 0 Å². The first-order valence-corrected chi connectivity index (χ1v) is 7.84. The summed E-state index contributed by atoms with van der Waals surface area (Å²) < 4.78 is 11.3. The van der Waals surface area contributed by atoms with Gasteiger partial charge in [-0.05, 0) is 17.7 Å². The van der Waals surface area contributed by atoms with Gasteiger partial charge in [-0.2, -0.15) is 5.26 Å². The van der Waals surface area contributed by atoms with E-state index in [2.05, 4.69) is 6.07 Å². The van der Waals surface area contributed by atoms with E-state index < -0.39 is 0 Å². The Labute approximate surface area is 141 Å². The quantitative estimate of drug-likeness (QED) is 0.868. The maximum atomic E-state index is 12.4. The van der Waals surface area contributed by atoms with Gasteiger partial charge in [0, 0.05) is 6.54 Å². The van der Waals surface area contributed by atoms with E-state index in [0.29, 0.717) is 31.0 Å². The van der Waals surface area contributed by atoms with Gasteiger partial charge < -0.3 is 14.4 Å². The molecule has 122 valence electrons. The molecule has 1 aliphatic rings. The number of carbonyl (C=O) groups excluding carboxylic acids is 1. The first-order valence-electron chi connectivity index (χ1n) is 7.84. The molecule has 1 amide bonds. The van der Waals surface area contributed by atoms with E-state index in [1.54, 1.807) is 29.2 Å². The molecule has 0 spiro atoms. The largest absolute Gasteiger partial charge is 0.482 e. The van der Waals surface area contributed by atoms with Gasteiger partial charge in [-0.15, -0.1) is 0 Å². The molecule has 2 aromatic rings. The molecular weight excluding hydrogens is 304 g/mol. The van der Waals surface area contributed by atoms with E-state index in [-0.39, 0.29) is 18.6 Å². The van der Waals surface area contributed by atoms with Gasteiger partial charge >= 0.3 is 0 Å². The molecular formula is C19H18N2O3. The SMILES string of the molecule is N#Cc1ccccc1OCC(=O)N1CCOC(c2ccccc2)C1. The van der Waals surface area contributed by atoms with Crippen LogP contribution in [-0.2, 0) is 9.53 Å². The van der Waals surface area contributed by atoms with E-state index in [4.69, 9.17) is 14.7 Å². The molecule has 1 atom stereocenters. The number of benzene rings is 2. The molecule has 24 heavy (non-hydrogen) atoms. The lowest BCUT2D eigenvalue weighted by Crippen LogP contribution is -2.44. The van der Waals surface area contributed by atoms with Crippen LogP contribution in [0.3, 0.4) is 0 Å². The van der Waals surface area contributed by atoms with E-state index in [9.17, 15) is 4.79 Å². The number of para-hydroxylation sites is 1. The summed E-state index contributed by atoms with van der Waals surface area (Å²) in [5.41, 5.74) is 1.49. The van der Waals surface area contributed by atoms with Crippen molar-refractivity contribution in [2.24, 2.45) is 0 Å². The highest BCUT2D eigenvalue weighted by Gasteiger charge is 2.25. The number of nitriles is 1. The summed E-state index contributed by atoms with van der Waals surface area (Å²) in [7, 11) is 0. The minimum Gasteiger partial charge on any atom is -0.482 e. The minimum atomic E-state index is -0.115. The highest BCUT2D eigenvalue weighted by molar-refractivity contribution is 5.78. The summed E-state index contributed by atoms with van der Waals surface area (Å²) in [4.78, 5) is 14.2. The van der Waals surface area contributed by atoms with E-state index in [1.165, 1.54) is 0 Å². The van der Waals surface area contributed by atoms with Crippen LogP contribution >= 0.6 is 0 Å². The molecule has 1 saturated heterocycles. The monoisotopic (exact) mass is 322 g/mol. The van der Waals surface area contributed by atoms with Crippen molar-refractivity contribution in [2.75, 3.05) is 26.3 Å². The topological polar surface area (TPSA) is 62.6 Å². The Bertz CT molecular complexity index is 740. The summed E-state index contributed by atoms with van der Waals surface area (Å²) in [6.07, 6.45) is -0.115. The van der Waals surface area contributed by atoms with Crippen LogP contribution in [0.25, 0.3) is 0 Å². The van der Waals surface area contributed by atoms with Crippen molar-refractivity contribution in [1.82, 2.24) is 4.90 Å². The molecule has 5 nitrogen and oxygen atoms in total. The first-order chi connectivity index (χ1) is 11.8. The normalized spacial score (nSPS) is 17.1. The standard InChI is InChI=1S/C19H18N2O3/c20-12-16-8-4-5-9-17(16)24-14-19(22)21-10-11-23-18(13-21)15-6-2-1-3-7-15/h1-9,18H,10-11,13-14H2. The number of rotatable bonds is 4. The number of hydrogen-bond acceptors (Lipinski definition) is 4. The lowest BCUT2D eigenvalue weighted by molar-refractivity contribution is -0.141. The van der Waals surface area contributed by atoms with E-state index in [0.717, 1.165) is 5.56 Å². The summed E-state index contributed by atoms with van der Waals surface area (Å²) in [5, 5.41) is 9.05. The van der Waals surface area contributed by atoms with Gasteiger partial charge in [0.05, 0.1) is 18.7 Å². The minimum absolute atomic E-state index is 0.0831. The summed E-state index contributed by atoms with van der Waals surface area (Å²) in [5.74, 6) is 0.327. The van der Waals surface area contributed by atoms with Gasteiger partial charge in [0.25, 0.3) is 5.91 Å². The van der Waals surface area contributed by atoms with Crippen molar-refractivity contribution in [3.63, 3.8) is 0 Å². The Hall–Kier alpha value is -2.84. The highest BCUT2D eigenvalue weighted by Crippen LogP contribution is 2.22. The van der Waals surface area contributed by atoms with Crippen molar-refractivity contribution in [3.8, 4) is 11.8 Å². The molecule has 3 rings (SSSR count). The molecule has 0 N–H and O–H groups in total. The number of carbonyl (C=O) groups is 1. The van der Waals surface area contributed by atoms with Crippen molar-refractivity contribution in [1.29, 1.82) is 5.26 Å². The molecule has 0 aliphatic carbocycles. The molecule has 1 aliphatic heterocycles. The second-order valence-electron chi connectivity index (χ2n) is 5.51. The average Bonchev–Trinajstić information content (AvgIpc) is 2.67. The van der Waals surface area contributed by atoms with Crippen LogP contribution in [0.5, 0.6) is 5.75 Å². The Kier molecular flexibility index (Phi) is 5.09. The van der Waals surface area contributed by atoms with Crippen LogP contribution in [0, 0.1) is 11.3 Å². The lowest BCUT2D eigenvalue weighted by Gasteiger charge is -2.33. The lowest BCUT2D eigenvalue weighted by atomic mass is 10.1. The molecule has 1 fully saturated rings. The zero-order valence-corrected chi connectivity index (χ0v) is 13.2. The molecule has 0 saturated carbocycles. The summed E-state index contributed by atoms with van der Waals surface area (Å²) in [6.45, 7) is 1.47. The molecule has 5 heteroatoms. The van der Waals surface area contributed by atoms with Crippen LogP contribution in [0.1, 0.15) is 17.2 Å². The Morgan fingerprint density at radius 2 is 1.96 bits per heavy atom. The van der Waals surface area contributed by atoms with Gasteiger partial charge in [0.2, 0.25) is 0 Å². The van der Waals surface area contributed by atoms with Crippen LogP contribution < -0.4 is 4.74 Å². The molecule has 1 heterocycles. The maximum absolute atomic E-state index is 12.4. The van der Waals surface area contributed by atoms with Gasteiger partial charge in [0.15, 0.2) is 6.61 Å². The predicted octanol–water partition coefficient (Wildman–Crippen LogP) is 2.54. The van der Waals surface area contributed by atoms with Crippen molar-refractivity contribution >= 4 is 5.91 Å². The van der Waals surface area contributed by atoms with Crippen LogP contribution in [-0.4, -0.2) is 37.1 Å². The summed E-state index contributed by atoms with van der Waals surface area (Å²) >= 11 is 0. The predicted molar refractivity (Wildman–Crippen MR) is 88.4 cm³/mol. The molecule has 1 unspecified atom stereocenters. The Balaban J connectivity index is 1.60. The van der Waals surface area contributed by atoms with E-state index >= 15 is 0 Å². The second-order valence-corrected chi connectivity index (χ2v) is 5.51. The third-order valence-corrected chi connectivity index (χ3v) is 3.95. The smallest absolute Gasteiger partial charge is 0.260 e. The number of hydrogen-bond donors (Lipinski definition) is 0. The highest BCUT2D eigenvalue weighted by atomic mass is 16.5. The Morgan fingerprint density at radius 3 is 2.75 bits per heavy atom. The Morgan fingerprint density at radius 1 is 1.21 bits per heavy atom. The van der Waals surface area contributed by atoms with Crippen molar-refractivity contribution < 1.29 is 14.3 Å². The fraction of sp³-hybridized carbons (Fsp3) is 0.263. The zero-order chi connectivity index (χ0) is 16.8. The van der Waals surface area contributed by atoms with Crippen LogP contribution in [0.2, 0.25) is 0 Å². The van der Waals surface area contributed by atoms with Crippen molar-refractivity contribution in [3.05, 3.63) is 65.7 Å². The third-order valence-electron chi connectivity index (χ3n) is 3.95. The number of nitrogens with zero attached hydrogens (tertiary/aromatic N) is 2. The maximum Gasteiger partial charge on any atom is 0.260 e. The fourth-order valence-electron chi connectivity index (χ4n) is 2.66. The molecule has 0 bridgehead atoms. The number of morpholine rings is 1. The second kappa shape index (κ2) is 7.62. The molecule has 2 aromatic carbocycles. The number of amides is 1. The fourth-order valence-corrected chi connectivity index (χ4v) is 2.66. The van der Waals surface area contributed by atoms with Gasteiger partial charge in [-0.1, -0.05) is 42.5 Å². The van der Waals surface area contributed by atoms with E-state index in [1.807, 2.05) is 30.3 Å². The van der Waals surface area contributed by atoms with Crippen LogP contribution in [0.15, 0.2) is 54.6 Å². The molecule has 0 radical (unpaired) electrons. The number of ether oxygens (including phenoxy) is 2. The first kappa shape index (κ1) is 16.0. The zero-order valence-electron chi connectivity index (χ0n) is 13.2. The van der Waals surface area contributed by atoms with Gasteiger partial charge in [-0.3, -0.25) is 4.79 Å². The third kappa shape index (κ3) is 3.73. The van der Waals surface area contributed by atoms with Crippen molar-refractivity contribution in [2.45, 2.75) is 6.10 Å². The summed E-state index contributed by atoms with van der Waals surface area (Å²) in [6, 6.07) is 18.8.